The van der Waals surface area contributed by atoms with Crippen molar-refractivity contribution in [3.05, 3.63) is 47.0 Å². The molecule has 1 amide bonds. The number of sulfone groups is 1. The normalized spacial score (nSPS) is 11.0. The van der Waals surface area contributed by atoms with Crippen molar-refractivity contribution >= 4 is 33.0 Å². The number of ether oxygens (including phenoxy) is 2. The van der Waals surface area contributed by atoms with Crippen LogP contribution in [0.15, 0.2) is 41.3 Å². The largest absolute Gasteiger partial charge is 0.493 e. The van der Waals surface area contributed by atoms with E-state index in [1.165, 1.54) is 45.4 Å². The second-order valence-corrected chi connectivity index (χ2v) is 7.69. The molecule has 2 aromatic rings. The van der Waals surface area contributed by atoms with Gasteiger partial charge in [-0.3, -0.25) is 4.79 Å². The van der Waals surface area contributed by atoms with Crippen LogP contribution in [0.25, 0.3) is 0 Å². The summed E-state index contributed by atoms with van der Waals surface area (Å²) in [6, 6.07) is 9.04. The van der Waals surface area contributed by atoms with Crippen molar-refractivity contribution in [2.75, 3.05) is 25.3 Å². The van der Waals surface area contributed by atoms with E-state index in [4.69, 9.17) is 21.1 Å². The van der Waals surface area contributed by atoms with E-state index in [0.29, 0.717) is 11.5 Å². The molecule has 8 heteroatoms. The maximum absolute atomic E-state index is 12.6. The number of hydrogen-bond donors (Lipinski definition) is 1. The molecular formula is C17H18ClNO5S. The number of rotatable bonds is 6. The third kappa shape index (κ3) is 4.05. The molecule has 0 bridgehead atoms. The molecule has 0 aliphatic rings. The van der Waals surface area contributed by atoms with E-state index in [0.717, 1.165) is 0 Å². The zero-order valence-corrected chi connectivity index (χ0v) is 15.6. The summed E-state index contributed by atoms with van der Waals surface area (Å²) in [6.07, 6.45) is 0. The molecule has 0 saturated carbocycles. The molecule has 6 nitrogen and oxygen atoms in total. The Bertz CT molecular complexity index is 896. The maximum atomic E-state index is 12.6. The lowest BCUT2D eigenvalue weighted by molar-refractivity contribution is 0.102. The quantitative estimate of drug-likeness (QED) is 0.826. The number of halogens is 1. The van der Waals surface area contributed by atoms with Crippen molar-refractivity contribution in [1.29, 1.82) is 0 Å². The summed E-state index contributed by atoms with van der Waals surface area (Å²) >= 11 is 6.16. The van der Waals surface area contributed by atoms with Crippen LogP contribution in [-0.4, -0.2) is 34.3 Å². The fraction of sp³-hybridized carbons (Fsp3) is 0.235. The minimum absolute atomic E-state index is 0.0217. The van der Waals surface area contributed by atoms with Gasteiger partial charge < -0.3 is 14.8 Å². The number of hydrogen-bond acceptors (Lipinski definition) is 5. The molecule has 25 heavy (non-hydrogen) atoms. The summed E-state index contributed by atoms with van der Waals surface area (Å²) < 4.78 is 34.7. The van der Waals surface area contributed by atoms with Gasteiger partial charge in [-0.1, -0.05) is 30.7 Å². The van der Waals surface area contributed by atoms with Gasteiger partial charge in [0.15, 0.2) is 21.3 Å². The summed E-state index contributed by atoms with van der Waals surface area (Å²) in [6.45, 7) is 1.52. The first-order valence-corrected chi connectivity index (χ1v) is 9.41. The number of carbonyl (C=O) groups is 1. The fourth-order valence-electron chi connectivity index (χ4n) is 2.22. The Labute approximate surface area is 151 Å². The Morgan fingerprint density at radius 3 is 2.32 bits per heavy atom. The van der Waals surface area contributed by atoms with Gasteiger partial charge in [0.25, 0.3) is 5.91 Å². The van der Waals surface area contributed by atoms with Gasteiger partial charge in [-0.15, -0.1) is 0 Å². The molecule has 0 spiro atoms. The van der Waals surface area contributed by atoms with Crippen molar-refractivity contribution in [1.82, 2.24) is 0 Å². The van der Waals surface area contributed by atoms with Crippen molar-refractivity contribution in [2.45, 2.75) is 11.8 Å². The van der Waals surface area contributed by atoms with Crippen LogP contribution in [0.1, 0.15) is 17.3 Å². The predicted octanol–water partition coefficient (Wildman–Crippen LogP) is 3.40. The van der Waals surface area contributed by atoms with Crippen LogP contribution in [0.5, 0.6) is 11.5 Å². The van der Waals surface area contributed by atoms with Gasteiger partial charge in [0.2, 0.25) is 0 Å². The van der Waals surface area contributed by atoms with Crippen LogP contribution in [0.4, 0.5) is 5.69 Å². The first-order valence-electron chi connectivity index (χ1n) is 7.38. The van der Waals surface area contributed by atoms with Gasteiger partial charge in [0.1, 0.15) is 0 Å². The number of amides is 1. The fourth-order valence-corrected chi connectivity index (χ4v) is 3.51. The van der Waals surface area contributed by atoms with Crippen LogP contribution in [-0.2, 0) is 9.84 Å². The molecule has 0 radical (unpaired) electrons. The van der Waals surface area contributed by atoms with Crippen molar-refractivity contribution in [3.8, 4) is 11.5 Å². The van der Waals surface area contributed by atoms with Gasteiger partial charge in [-0.2, -0.15) is 0 Å². The molecule has 134 valence electrons. The van der Waals surface area contributed by atoms with Crippen molar-refractivity contribution in [2.24, 2.45) is 0 Å². The Hall–Kier alpha value is -2.25. The van der Waals surface area contributed by atoms with Crippen LogP contribution < -0.4 is 14.8 Å². The maximum Gasteiger partial charge on any atom is 0.257 e. The molecular weight excluding hydrogens is 366 g/mol. The SMILES string of the molecule is CCS(=O)(=O)c1ccccc1C(=O)Nc1cc(OC)c(OC)cc1Cl. The zero-order valence-electron chi connectivity index (χ0n) is 14.0. The highest BCUT2D eigenvalue weighted by molar-refractivity contribution is 7.91. The number of nitrogens with one attached hydrogen (secondary N) is 1. The van der Waals surface area contributed by atoms with Gasteiger partial charge in [-0.05, 0) is 12.1 Å². The lowest BCUT2D eigenvalue weighted by Gasteiger charge is -2.14. The number of benzene rings is 2. The molecule has 1 N–H and O–H groups in total. The van der Waals surface area contributed by atoms with Crippen molar-refractivity contribution < 1.29 is 22.7 Å². The average Bonchev–Trinajstić information content (AvgIpc) is 2.62. The highest BCUT2D eigenvalue weighted by Gasteiger charge is 2.21. The summed E-state index contributed by atoms with van der Waals surface area (Å²) in [5.41, 5.74) is 0.336. The molecule has 0 unspecified atom stereocenters. The topological polar surface area (TPSA) is 81.7 Å². The highest BCUT2D eigenvalue weighted by atomic mass is 35.5. The Balaban J connectivity index is 2.42. The molecule has 2 aromatic carbocycles. The second-order valence-electron chi connectivity index (χ2n) is 5.04. The van der Waals surface area contributed by atoms with Gasteiger partial charge in [0.05, 0.1) is 41.1 Å². The van der Waals surface area contributed by atoms with E-state index in [-0.39, 0.29) is 26.9 Å². The van der Waals surface area contributed by atoms with E-state index in [1.54, 1.807) is 12.1 Å². The van der Waals surface area contributed by atoms with Crippen LogP contribution in [0.3, 0.4) is 0 Å². The molecule has 0 fully saturated rings. The lowest BCUT2D eigenvalue weighted by Crippen LogP contribution is -2.17. The molecule has 0 atom stereocenters. The molecule has 0 heterocycles. The summed E-state index contributed by atoms with van der Waals surface area (Å²) in [5, 5.41) is 2.86. The van der Waals surface area contributed by atoms with Crippen LogP contribution in [0.2, 0.25) is 5.02 Å². The van der Waals surface area contributed by atoms with Crippen molar-refractivity contribution in [3.63, 3.8) is 0 Å². The van der Waals surface area contributed by atoms with E-state index in [1.807, 2.05) is 0 Å². The lowest BCUT2D eigenvalue weighted by atomic mass is 10.2. The molecule has 2 rings (SSSR count). The monoisotopic (exact) mass is 383 g/mol. The van der Waals surface area contributed by atoms with Crippen LogP contribution >= 0.6 is 11.6 Å². The van der Waals surface area contributed by atoms with Gasteiger partial charge >= 0.3 is 0 Å². The smallest absolute Gasteiger partial charge is 0.257 e. The minimum Gasteiger partial charge on any atom is -0.493 e. The minimum atomic E-state index is -3.54. The third-order valence-corrected chi connectivity index (χ3v) is 5.67. The Morgan fingerprint density at radius 1 is 1.12 bits per heavy atom. The van der Waals surface area contributed by atoms with E-state index in [2.05, 4.69) is 5.32 Å². The van der Waals surface area contributed by atoms with Gasteiger partial charge in [0, 0.05) is 12.1 Å². The summed E-state index contributed by atoms with van der Waals surface area (Å²) in [5.74, 6) is 0.117. The molecule has 0 aliphatic heterocycles. The highest BCUT2D eigenvalue weighted by Crippen LogP contribution is 2.36. The molecule has 0 aromatic heterocycles. The predicted molar refractivity (Wildman–Crippen MR) is 96.7 cm³/mol. The van der Waals surface area contributed by atoms with Gasteiger partial charge in [-0.25, -0.2) is 8.42 Å². The molecule has 0 aliphatic carbocycles. The zero-order chi connectivity index (χ0) is 18.6. The number of methoxy groups -OCH3 is 2. The second kappa shape index (κ2) is 7.76. The third-order valence-electron chi connectivity index (χ3n) is 3.57. The first-order chi connectivity index (χ1) is 11.8. The average molecular weight is 384 g/mol. The van der Waals surface area contributed by atoms with E-state index < -0.39 is 15.7 Å². The van der Waals surface area contributed by atoms with Crippen LogP contribution in [0, 0.1) is 0 Å². The molecule has 0 saturated heterocycles. The van der Waals surface area contributed by atoms with E-state index >= 15 is 0 Å². The number of anilines is 1. The Kier molecular flexibility index (Phi) is 5.92. The summed E-state index contributed by atoms with van der Waals surface area (Å²) in [4.78, 5) is 12.6. The first kappa shape index (κ1) is 19.1. The van der Waals surface area contributed by atoms with E-state index in [9.17, 15) is 13.2 Å². The Morgan fingerprint density at radius 2 is 1.72 bits per heavy atom. The number of carbonyl (C=O) groups excluding carboxylic acids is 1. The summed E-state index contributed by atoms with van der Waals surface area (Å²) in [7, 11) is -0.609. The standard InChI is InChI=1S/C17H18ClNO5S/c1-4-25(21,22)16-8-6-5-7-11(16)17(20)19-13-10-15(24-3)14(23-2)9-12(13)18/h5-10H,4H2,1-3H3,(H,19,20).